The van der Waals surface area contributed by atoms with Crippen molar-refractivity contribution in [3.8, 4) is 0 Å². The second-order valence-corrected chi connectivity index (χ2v) is 6.55. The minimum absolute atomic E-state index is 0.0941. The van der Waals surface area contributed by atoms with Gasteiger partial charge in [0.25, 0.3) is 0 Å². The van der Waals surface area contributed by atoms with Crippen molar-refractivity contribution in [2.75, 3.05) is 13.1 Å². The standard InChI is InChI=1S/C17H27NO/c1-4-18(12-14-8-6-5-7-9-14)13-15-10-11-17(2,3)16(15)19/h5-9,15-16,19H,4,10-13H2,1-3H3. The van der Waals surface area contributed by atoms with Crippen molar-refractivity contribution in [1.29, 1.82) is 0 Å². The van der Waals surface area contributed by atoms with Gasteiger partial charge in [-0.25, -0.2) is 0 Å². The van der Waals surface area contributed by atoms with Gasteiger partial charge in [-0.15, -0.1) is 0 Å². The molecule has 1 aliphatic carbocycles. The number of hydrogen-bond acceptors (Lipinski definition) is 2. The van der Waals surface area contributed by atoms with E-state index in [-0.39, 0.29) is 11.5 Å². The summed E-state index contributed by atoms with van der Waals surface area (Å²) in [4.78, 5) is 2.45. The fourth-order valence-corrected chi connectivity index (χ4v) is 3.17. The SMILES string of the molecule is CCN(Cc1ccccc1)CC1CCC(C)(C)C1O. The van der Waals surface area contributed by atoms with E-state index >= 15 is 0 Å². The van der Waals surface area contributed by atoms with Gasteiger partial charge in [-0.05, 0) is 36.3 Å². The smallest absolute Gasteiger partial charge is 0.0631 e. The molecule has 1 fully saturated rings. The van der Waals surface area contributed by atoms with Crippen molar-refractivity contribution >= 4 is 0 Å². The van der Waals surface area contributed by atoms with E-state index < -0.39 is 0 Å². The highest BCUT2D eigenvalue weighted by molar-refractivity contribution is 5.14. The topological polar surface area (TPSA) is 23.5 Å². The molecule has 0 bridgehead atoms. The Balaban J connectivity index is 1.93. The molecule has 19 heavy (non-hydrogen) atoms. The van der Waals surface area contributed by atoms with Crippen molar-refractivity contribution in [2.45, 2.75) is 46.3 Å². The highest BCUT2D eigenvalue weighted by atomic mass is 16.3. The molecule has 1 N–H and O–H groups in total. The van der Waals surface area contributed by atoms with Gasteiger partial charge in [-0.2, -0.15) is 0 Å². The second kappa shape index (κ2) is 6.06. The zero-order chi connectivity index (χ0) is 13.9. The Morgan fingerprint density at radius 1 is 1.26 bits per heavy atom. The van der Waals surface area contributed by atoms with Crippen LogP contribution < -0.4 is 0 Å². The summed E-state index contributed by atoms with van der Waals surface area (Å²) >= 11 is 0. The van der Waals surface area contributed by atoms with Gasteiger partial charge in [0, 0.05) is 13.1 Å². The van der Waals surface area contributed by atoms with Gasteiger partial charge in [0.05, 0.1) is 6.10 Å². The number of benzene rings is 1. The molecule has 0 heterocycles. The van der Waals surface area contributed by atoms with E-state index in [9.17, 15) is 5.11 Å². The lowest BCUT2D eigenvalue weighted by molar-refractivity contribution is 0.0322. The van der Waals surface area contributed by atoms with Crippen LogP contribution in [0, 0.1) is 11.3 Å². The largest absolute Gasteiger partial charge is 0.392 e. The highest BCUT2D eigenvalue weighted by Gasteiger charge is 2.40. The third-order valence-corrected chi connectivity index (χ3v) is 4.60. The predicted octanol–water partition coefficient (Wildman–Crippen LogP) is 3.31. The molecular formula is C17H27NO. The minimum atomic E-state index is -0.155. The third-order valence-electron chi connectivity index (χ3n) is 4.60. The Kier molecular flexibility index (Phi) is 4.64. The van der Waals surface area contributed by atoms with Crippen molar-refractivity contribution in [3.63, 3.8) is 0 Å². The summed E-state index contributed by atoms with van der Waals surface area (Å²) in [6.07, 6.45) is 2.14. The van der Waals surface area contributed by atoms with Gasteiger partial charge >= 0.3 is 0 Å². The maximum atomic E-state index is 10.4. The average molecular weight is 261 g/mol. The van der Waals surface area contributed by atoms with Crippen LogP contribution in [0.2, 0.25) is 0 Å². The molecular weight excluding hydrogens is 234 g/mol. The van der Waals surface area contributed by atoms with Crippen LogP contribution in [0.4, 0.5) is 0 Å². The quantitative estimate of drug-likeness (QED) is 0.879. The molecule has 0 spiro atoms. The molecule has 2 nitrogen and oxygen atoms in total. The summed E-state index contributed by atoms with van der Waals surface area (Å²) in [5.41, 5.74) is 1.45. The van der Waals surface area contributed by atoms with E-state index in [1.54, 1.807) is 0 Å². The summed E-state index contributed by atoms with van der Waals surface area (Å²) in [5.74, 6) is 0.429. The first-order valence-corrected chi connectivity index (χ1v) is 7.47. The molecule has 0 saturated heterocycles. The summed E-state index contributed by atoms with van der Waals surface area (Å²) in [5, 5.41) is 10.4. The predicted molar refractivity (Wildman–Crippen MR) is 79.9 cm³/mol. The van der Waals surface area contributed by atoms with Crippen LogP contribution in [0.25, 0.3) is 0 Å². The van der Waals surface area contributed by atoms with Gasteiger partial charge in [-0.1, -0.05) is 51.1 Å². The molecule has 0 aromatic heterocycles. The molecule has 2 atom stereocenters. The molecule has 1 aromatic rings. The van der Waals surface area contributed by atoms with E-state index in [1.165, 1.54) is 5.56 Å². The molecule has 106 valence electrons. The lowest BCUT2D eigenvalue weighted by Gasteiger charge is -2.29. The van der Waals surface area contributed by atoms with Crippen LogP contribution in [0.3, 0.4) is 0 Å². The fraction of sp³-hybridized carbons (Fsp3) is 0.647. The Hall–Kier alpha value is -0.860. The number of rotatable bonds is 5. The highest BCUT2D eigenvalue weighted by Crippen LogP contribution is 2.41. The Morgan fingerprint density at radius 2 is 1.95 bits per heavy atom. The maximum Gasteiger partial charge on any atom is 0.0631 e. The first-order valence-electron chi connectivity index (χ1n) is 7.47. The summed E-state index contributed by atoms with van der Waals surface area (Å²) in [6.45, 7) is 9.61. The molecule has 1 aromatic carbocycles. The van der Waals surface area contributed by atoms with E-state index in [1.807, 2.05) is 0 Å². The normalized spacial score (nSPS) is 25.9. The van der Waals surface area contributed by atoms with Crippen LogP contribution in [-0.4, -0.2) is 29.2 Å². The van der Waals surface area contributed by atoms with Crippen LogP contribution in [0.1, 0.15) is 39.2 Å². The number of aliphatic hydroxyl groups excluding tert-OH is 1. The molecule has 2 heteroatoms. The van der Waals surface area contributed by atoms with E-state index in [2.05, 4.69) is 56.0 Å². The molecule has 0 radical (unpaired) electrons. The number of nitrogens with zero attached hydrogens (tertiary/aromatic N) is 1. The van der Waals surface area contributed by atoms with Crippen molar-refractivity contribution in [2.24, 2.45) is 11.3 Å². The van der Waals surface area contributed by atoms with Crippen LogP contribution in [0.15, 0.2) is 30.3 Å². The van der Waals surface area contributed by atoms with Gasteiger partial charge < -0.3 is 5.11 Å². The fourth-order valence-electron chi connectivity index (χ4n) is 3.17. The Labute approximate surface area is 117 Å². The molecule has 2 unspecified atom stereocenters. The van der Waals surface area contributed by atoms with E-state index in [0.717, 1.165) is 32.5 Å². The van der Waals surface area contributed by atoms with Crippen molar-refractivity contribution in [1.82, 2.24) is 4.90 Å². The van der Waals surface area contributed by atoms with Crippen molar-refractivity contribution in [3.05, 3.63) is 35.9 Å². The zero-order valence-electron chi connectivity index (χ0n) is 12.5. The van der Waals surface area contributed by atoms with E-state index in [4.69, 9.17) is 0 Å². The van der Waals surface area contributed by atoms with Crippen LogP contribution in [-0.2, 0) is 6.54 Å². The summed E-state index contributed by atoms with van der Waals surface area (Å²) in [7, 11) is 0. The van der Waals surface area contributed by atoms with Gasteiger partial charge in [0.15, 0.2) is 0 Å². The molecule has 0 aliphatic heterocycles. The van der Waals surface area contributed by atoms with Crippen molar-refractivity contribution < 1.29 is 5.11 Å². The lowest BCUT2D eigenvalue weighted by atomic mass is 9.87. The zero-order valence-corrected chi connectivity index (χ0v) is 12.5. The van der Waals surface area contributed by atoms with Gasteiger partial charge in [0.2, 0.25) is 0 Å². The second-order valence-electron chi connectivity index (χ2n) is 6.55. The summed E-state index contributed by atoms with van der Waals surface area (Å²) < 4.78 is 0. The monoisotopic (exact) mass is 261 g/mol. The minimum Gasteiger partial charge on any atom is -0.392 e. The average Bonchev–Trinajstić information content (AvgIpc) is 2.66. The number of aliphatic hydroxyl groups is 1. The summed E-state index contributed by atoms with van der Waals surface area (Å²) in [6, 6.07) is 10.6. The first-order chi connectivity index (χ1) is 9.03. The number of hydrogen-bond donors (Lipinski definition) is 1. The Bertz CT molecular complexity index is 388. The van der Waals surface area contributed by atoms with Crippen LogP contribution in [0.5, 0.6) is 0 Å². The third kappa shape index (κ3) is 3.58. The molecule has 1 saturated carbocycles. The van der Waals surface area contributed by atoms with Crippen LogP contribution >= 0.6 is 0 Å². The molecule has 0 amide bonds. The van der Waals surface area contributed by atoms with Gasteiger partial charge in [-0.3, -0.25) is 4.90 Å². The maximum absolute atomic E-state index is 10.4. The Morgan fingerprint density at radius 3 is 2.47 bits per heavy atom. The lowest BCUT2D eigenvalue weighted by Crippen LogP contribution is -2.36. The molecule has 1 aliphatic rings. The van der Waals surface area contributed by atoms with E-state index in [0.29, 0.717) is 5.92 Å². The van der Waals surface area contributed by atoms with Gasteiger partial charge in [0.1, 0.15) is 0 Å². The first kappa shape index (κ1) is 14.5. The molecule has 2 rings (SSSR count).